The number of thiazole rings is 1. The Morgan fingerprint density at radius 3 is 2.19 bits per heavy atom. The third-order valence-corrected chi connectivity index (χ3v) is 14.2. The zero-order valence-electron chi connectivity index (χ0n) is 40.3. The minimum Gasteiger partial charge on any atom is -0.379 e. The van der Waals surface area contributed by atoms with Crippen LogP contribution in [0.1, 0.15) is 123 Å². The maximum Gasteiger partial charge on any atom is 0.226 e. The zero-order chi connectivity index (χ0) is 46.5. The quantitative estimate of drug-likeness (QED) is 0.0910. The van der Waals surface area contributed by atoms with Gasteiger partial charge >= 0.3 is 0 Å². The highest BCUT2D eigenvalue weighted by atomic mass is 32.1. The van der Waals surface area contributed by atoms with Gasteiger partial charge in [-0.25, -0.2) is 9.97 Å². The molecule has 4 rings (SSSR count). The molecule has 0 saturated carbocycles. The molecule has 0 radical (unpaired) electrons. The number of hydrogen-bond acceptors (Lipinski definition) is 10. The average Bonchev–Trinajstić information content (AvgIpc) is 4.06. The maximum atomic E-state index is 14.7. The number of imidazole rings is 1. The van der Waals surface area contributed by atoms with Crippen molar-refractivity contribution < 1.29 is 28.7 Å². The summed E-state index contributed by atoms with van der Waals surface area (Å²) < 4.78 is 14.3. The lowest BCUT2D eigenvalue weighted by Gasteiger charge is -2.41. The van der Waals surface area contributed by atoms with Gasteiger partial charge < -0.3 is 29.2 Å². The van der Waals surface area contributed by atoms with Crippen molar-refractivity contribution in [2.45, 2.75) is 150 Å². The summed E-state index contributed by atoms with van der Waals surface area (Å²) in [6.07, 6.45) is 7.35. The number of carbonyl (C=O) groups excluding carboxylic acids is 4. The van der Waals surface area contributed by atoms with Crippen molar-refractivity contribution in [3.63, 3.8) is 0 Å². The van der Waals surface area contributed by atoms with Gasteiger partial charge in [0.2, 0.25) is 17.7 Å². The summed E-state index contributed by atoms with van der Waals surface area (Å²) in [7, 11) is 6.96. The highest BCUT2D eigenvalue weighted by Gasteiger charge is 2.43. The number of carbonyl (C=O) groups is 4. The molecule has 350 valence electrons. The number of aromatic nitrogens is 3. The van der Waals surface area contributed by atoms with Crippen molar-refractivity contribution in [1.82, 2.24) is 34.6 Å². The molecule has 3 aromatic rings. The summed E-state index contributed by atoms with van der Waals surface area (Å²) in [6, 6.07) is 8.83. The molecular weight excluding hydrogens is 815 g/mol. The van der Waals surface area contributed by atoms with Crippen molar-refractivity contribution in [2.24, 2.45) is 29.6 Å². The molecule has 0 spiro atoms. The minimum atomic E-state index is -0.607. The number of ketones is 1. The van der Waals surface area contributed by atoms with Gasteiger partial charge in [0, 0.05) is 70.2 Å². The second-order valence-corrected chi connectivity index (χ2v) is 19.6. The first-order valence-electron chi connectivity index (χ1n) is 23.0. The fourth-order valence-electron chi connectivity index (χ4n) is 9.66. The Balaban J connectivity index is 1.49. The summed E-state index contributed by atoms with van der Waals surface area (Å²) in [6.45, 7) is 19.4. The number of ether oxygens (including phenoxy) is 2. The summed E-state index contributed by atoms with van der Waals surface area (Å²) >= 11 is 1.51. The number of benzene rings is 1. The second-order valence-electron chi connectivity index (χ2n) is 18.7. The number of nitrogens with one attached hydrogen (secondary N) is 1. The van der Waals surface area contributed by atoms with E-state index in [-0.39, 0.29) is 72.2 Å². The van der Waals surface area contributed by atoms with Gasteiger partial charge in [-0.05, 0) is 63.5 Å². The Morgan fingerprint density at radius 2 is 1.62 bits per heavy atom. The average molecular weight is 892 g/mol. The highest BCUT2D eigenvalue weighted by Crippen LogP contribution is 2.32. The van der Waals surface area contributed by atoms with Gasteiger partial charge in [0.1, 0.15) is 10.8 Å². The molecule has 13 nitrogen and oxygen atoms in total. The molecule has 9 atom stereocenters. The van der Waals surface area contributed by atoms with Crippen molar-refractivity contribution in [3.8, 4) is 0 Å². The van der Waals surface area contributed by atoms with Crippen LogP contribution in [0.2, 0.25) is 0 Å². The van der Waals surface area contributed by atoms with Gasteiger partial charge in [-0.3, -0.25) is 24.1 Å². The number of likely N-dealkylation sites (N-methyl/N-ethyl adjacent to an activating group) is 2. The topological polar surface area (TPSA) is 139 Å². The maximum absolute atomic E-state index is 14.7. The van der Waals surface area contributed by atoms with Crippen LogP contribution in [-0.4, -0.2) is 118 Å². The van der Waals surface area contributed by atoms with Crippen molar-refractivity contribution >= 4 is 34.8 Å². The Bertz CT molecular complexity index is 1870. The number of amides is 3. The Kier molecular flexibility index (Phi) is 20.0. The molecular formula is C49H77N7O6S. The first-order chi connectivity index (χ1) is 29.9. The number of likely N-dealkylation sites (tertiary alicyclic amines) is 1. The summed E-state index contributed by atoms with van der Waals surface area (Å²) in [5, 5.41) is 5.99. The van der Waals surface area contributed by atoms with Gasteiger partial charge in [0.05, 0.1) is 55.3 Å². The molecule has 1 fully saturated rings. The molecule has 3 amide bonds. The molecule has 0 bridgehead atoms. The number of nitrogens with zero attached hydrogens (tertiary/aromatic N) is 6. The SMILES string of the molecule is CC[C@H](C)[C@@H]([C@@H](CC(=O)N1CCC[C@H]1[C@H](OC)[C@@H](C)C(=O)N[C@@H](Cc1ccccc1)c1nccs1)OC)N(C)C(=O)[C@@H](CC(=O)[C@H](C(C)C)N(C)Cc1nccn1C(C)C)C(C)C. The normalized spacial score (nSPS) is 18.3. The van der Waals surface area contributed by atoms with Crippen LogP contribution < -0.4 is 5.32 Å². The number of rotatable bonds is 25. The second kappa shape index (κ2) is 24.3. The fourth-order valence-corrected chi connectivity index (χ4v) is 10.3. The number of Topliss-reactive ketones (excluding diaryl/α,β-unsaturated/α-hetero) is 1. The molecule has 3 heterocycles. The molecule has 14 heteroatoms. The summed E-state index contributed by atoms with van der Waals surface area (Å²) in [4.78, 5) is 72.2. The third kappa shape index (κ3) is 13.3. The van der Waals surface area contributed by atoms with E-state index in [1.54, 1.807) is 38.6 Å². The van der Waals surface area contributed by atoms with E-state index in [1.165, 1.54) is 11.3 Å². The molecule has 2 aromatic heterocycles. The molecule has 1 N–H and O–H groups in total. The van der Waals surface area contributed by atoms with E-state index in [0.29, 0.717) is 25.9 Å². The predicted molar refractivity (Wildman–Crippen MR) is 250 cm³/mol. The summed E-state index contributed by atoms with van der Waals surface area (Å²) in [5.74, 6) is -0.676. The van der Waals surface area contributed by atoms with Crippen molar-refractivity contribution in [2.75, 3.05) is 34.9 Å². The first kappa shape index (κ1) is 51.7. The van der Waals surface area contributed by atoms with Gasteiger partial charge in [0.15, 0.2) is 5.78 Å². The standard InChI is InChI=1S/C49H77N7O6S/c1-14-34(8)45(54(11)49(60)37(31(2)3)28-40(57)44(32(4)5)53(10)30-42-50-22-25-55(42)33(6)7)41(61-12)29-43(58)56-24-18-21-39(56)46(62-13)35(9)47(59)52-38(48-51-23-26-63-48)27-36-19-16-15-17-20-36/h15-17,19-20,22-23,25-26,31-35,37-39,41,44-46H,14,18,21,24,27-30H2,1-13H3,(H,52,59)/t34-,35+,37-,38-,39-,41+,44-,45-,46+/m0/s1. The van der Waals surface area contributed by atoms with Crippen LogP contribution in [-0.2, 0) is 41.6 Å². The third-order valence-electron chi connectivity index (χ3n) is 13.3. The van der Waals surface area contributed by atoms with Crippen LogP contribution in [0.5, 0.6) is 0 Å². The van der Waals surface area contributed by atoms with E-state index < -0.39 is 36.1 Å². The molecule has 1 aliphatic rings. The monoisotopic (exact) mass is 892 g/mol. The van der Waals surface area contributed by atoms with E-state index in [4.69, 9.17) is 9.47 Å². The smallest absolute Gasteiger partial charge is 0.226 e. The molecule has 63 heavy (non-hydrogen) atoms. The Labute approximate surface area is 381 Å². The molecule has 0 unspecified atom stereocenters. The van der Waals surface area contributed by atoms with E-state index in [9.17, 15) is 19.2 Å². The Hall–Kier alpha value is -3.98. The minimum absolute atomic E-state index is 0.00839. The highest BCUT2D eigenvalue weighted by molar-refractivity contribution is 7.09. The first-order valence-corrected chi connectivity index (χ1v) is 23.9. The van der Waals surface area contributed by atoms with Gasteiger partial charge in [-0.15, -0.1) is 11.3 Å². The van der Waals surface area contributed by atoms with Gasteiger partial charge in [-0.2, -0.15) is 0 Å². The lowest BCUT2D eigenvalue weighted by molar-refractivity contribution is -0.149. The van der Waals surface area contributed by atoms with Gasteiger partial charge in [0.25, 0.3) is 0 Å². The van der Waals surface area contributed by atoms with Crippen LogP contribution in [0.15, 0.2) is 54.3 Å². The van der Waals surface area contributed by atoms with Crippen LogP contribution in [0.4, 0.5) is 0 Å². The lowest BCUT2D eigenvalue weighted by Crippen LogP contribution is -2.54. The predicted octanol–water partition coefficient (Wildman–Crippen LogP) is 7.63. The lowest BCUT2D eigenvalue weighted by atomic mass is 9.83. The van der Waals surface area contributed by atoms with Crippen molar-refractivity contribution in [1.29, 1.82) is 0 Å². The molecule has 1 saturated heterocycles. The van der Waals surface area contributed by atoms with Crippen LogP contribution in [0, 0.1) is 29.6 Å². The van der Waals surface area contributed by atoms with E-state index in [1.807, 2.05) is 88.5 Å². The zero-order valence-corrected chi connectivity index (χ0v) is 41.1. The van der Waals surface area contributed by atoms with Crippen molar-refractivity contribution in [3.05, 3.63) is 70.7 Å². The summed E-state index contributed by atoms with van der Waals surface area (Å²) in [5.41, 5.74) is 1.09. The Morgan fingerprint density at radius 1 is 0.921 bits per heavy atom. The largest absolute Gasteiger partial charge is 0.379 e. The number of hydrogen-bond donors (Lipinski definition) is 1. The molecule has 0 aliphatic carbocycles. The van der Waals surface area contributed by atoms with Crippen LogP contribution in [0.3, 0.4) is 0 Å². The number of methoxy groups -OCH3 is 2. The molecule has 1 aromatic carbocycles. The van der Waals surface area contributed by atoms with E-state index in [0.717, 1.165) is 29.2 Å². The molecule has 1 aliphatic heterocycles. The fraction of sp³-hybridized carbons (Fsp3) is 0.673. The van der Waals surface area contributed by atoms with Crippen LogP contribution >= 0.6 is 11.3 Å². The van der Waals surface area contributed by atoms with E-state index in [2.05, 4.69) is 52.4 Å². The van der Waals surface area contributed by atoms with Crippen LogP contribution in [0.25, 0.3) is 0 Å². The van der Waals surface area contributed by atoms with Gasteiger partial charge in [-0.1, -0.05) is 85.2 Å². The van der Waals surface area contributed by atoms with E-state index >= 15 is 0 Å².